The van der Waals surface area contributed by atoms with Gasteiger partial charge in [-0.2, -0.15) is 0 Å². The van der Waals surface area contributed by atoms with E-state index >= 15 is 0 Å². The van der Waals surface area contributed by atoms with Crippen molar-refractivity contribution in [2.24, 2.45) is 0 Å². The van der Waals surface area contributed by atoms with Gasteiger partial charge in [0.05, 0.1) is 11.2 Å². The smallest absolute Gasteiger partial charge is 0.252 e. The third-order valence-corrected chi connectivity index (χ3v) is 17.2. The van der Waals surface area contributed by atoms with Crippen molar-refractivity contribution in [1.82, 2.24) is 0 Å². The fraction of sp³-hybridized carbons (Fsp3) is 0.364. The highest BCUT2D eigenvalue weighted by atomic mass is 15.3. The van der Waals surface area contributed by atoms with Gasteiger partial charge in [-0.3, -0.25) is 0 Å². The number of hydrogen-bond acceptors (Lipinski definition) is 3. The molecule has 3 heterocycles. The lowest BCUT2D eigenvalue weighted by Gasteiger charge is -2.51. The normalized spacial score (nSPS) is 19.6. The summed E-state index contributed by atoms with van der Waals surface area (Å²) < 4.78 is 0. The summed E-state index contributed by atoms with van der Waals surface area (Å²) in [6.45, 7) is 33.3. The van der Waals surface area contributed by atoms with E-state index in [1.165, 1.54) is 120 Å². The van der Waals surface area contributed by atoms with E-state index in [0.29, 0.717) is 0 Å². The van der Waals surface area contributed by atoms with Gasteiger partial charge >= 0.3 is 0 Å². The van der Waals surface area contributed by atoms with Gasteiger partial charge < -0.3 is 14.7 Å². The van der Waals surface area contributed by atoms with E-state index in [2.05, 4.69) is 257 Å². The summed E-state index contributed by atoms with van der Waals surface area (Å²) in [6.07, 6.45) is 4.87. The molecule has 0 amide bonds. The van der Waals surface area contributed by atoms with Crippen LogP contribution >= 0.6 is 0 Å². The van der Waals surface area contributed by atoms with Crippen LogP contribution < -0.4 is 31.1 Å². The molecule has 2 atom stereocenters. The second-order valence-corrected chi connectivity index (χ2v) is 25.9. The Morgan fingerprint density at radius 3 is 1.61 bits per heavy atom. The molecular weight excluding hydrogens is 846 g/mol. The Balaban J connectivity index is 1.20. The van der Waals surface area contributed by atoms with Gasteiger partial charge in [-0.05, 0) is 152 Å². The lowest BCUT2D eigenvalue weighted by atomic mass is 9.33. The molecule has 1 saturated carbocycles. The minimum atomic E-state index is -0.128. The molecule has 4 aliphatic rings. The van der Waals surface area contributed by atoms with Gasteiger partial charge in [0.25, 0.3) is 6.71 Å². The van der Waals surface area contributed by atoms with Crippen molar-refractivity contribution >= 4 is 68.6 Å². The first kappa shape index (κ1) is 46.4. The minimum absolute atomic E-state index is 0.0105. The summed E-state index contributed by atoms with van der Waals surface area (Å²) in [5.74, 6) is 0. The van der Waals surface area contributed by atoms with Crippen molar-refractivity contribution in [3.8, 4) is 11.1 Å². The van der Waals surface area contributed by atoms with Crippen LogP contribution in [0.1, 0.15) is 150 Å². The van der Waals surface area contributed by atoms with Crippen LogP contribution in [0.5, 0.6) is 0 Å². The molecular formula is C66H74BN3. The van der Waals surface area contributed by atoms with Crippen LogP contribution in [0, 0.1) is 0 Å². The average Bonchev–Trinajstić information content (AvgIpc) is 3.52. The second kappa shape index (κ2) is 15.8. The Morgan fingerprint density at radius 1 is 0.414 bits per heavy atom. The number of nitrogens with zero attached hydrogens (tertiary/aromatic N) is 3. The first-order valence-electron chi connectivity index (χ1n) is 26.3. The molecule has 356 valence electrons. The molecule has 2 unspecified atom stereocenters. The highest BCUT2D eigenvalue weighted by Gasteiger charge is 2.58. The van der Waals surface area contributed by atoms with Crippen molar-refractivity contribution in [3.05, 3.63) is 173 Å². The average molecular weight is 920 g/mol. The van der Waals surface area contributed by atoms with Crippen molar-refractivity contribution in [1.29, 1.82) is 0 Å². The number of rotatable bonds is 4. The molecule has 3 nitrogen and oxygen atoms in total. The van der Waals surface area contributed by atoms with Crippen LogP contribution in [-0.2, 0) is 27.1 Å². The molecule has 0 spiro atoms. The number of benzene rings is 7. The van der Waals surface area contributed by atoms with Crippen molar-refractivity contribution in [2.75, 3.05) is 14.7 Å². The number of fused-ring (bicyclic) bond motifs is 7. The lowest BCUT2D eigenvalue weighted by Crippen LogP contribution is -2.61. The van der Waals surface area contributed by atoms with Crippen LogP contribution in [0.25, 0.3) is 11.1 Å². The van der Waals surface area contributed by atoms with E-state index in [-0.39, 0.29) is 39.3 Å². The molecule has 0 saturated heterocycles. The summed E-state index contributed by atoms with van der Waals surface area (Å²) in [5, 5.41) is 0. The van der Waals surface area contributed by atoms with Crippen LogP contribution in [0.2, 0.25) is 0 Å². The maximum atomic E-state index is 2.78. The molecule has 3 aliphatic heterocycles. The number of para-hydroxylation sites is 1. The Hall–Kier alpha value is -6.00. The molecule has 7 aromatic rings. The molecule has 1 aliphatic carbocycles. The predicted molar refractivity (Wildman–Crippen MR) is 304 cm³/mol. The van der Waals surface area contributed by atoms with E-state index < -0.39 is 0 Å². The third kappa shape index (κ3) is 7.12. The zero-order valence-electron chi connectivity index (χ0n) is 44.6. The molecule has 0 radical (unpaired) electrons. The maximum absolute atomic E-state index is 2.78. The Bertz CT molecular complexity index is 3190. The van der Waals surface area contributed by atoms with Gasteiger partial charge in [0.1, 0.15) is 0 Å². The van der Waals surface area contributed by atoms with Crippen LogP contribution in [0.3, 0.4) is 0 Å². The van der Waals surface area contributed by atoms with Crippen molar-refractivity contribution in [2.45, 2.75) is 155 Å². The van der Waals surface area contributed by atoms with E-state index in [0.717, 1.165) is 6.42 Å². The van der Waals surface area contributed by atoms with Gasteiger partial charge in [0.2, 0.25) is 0 Å². The molecule has 4 heteroatoms. The highest BCUT2D eigenvalue weighted by Crippen LogP contribution is 2.62. The molecule has 7 aromatic carbocycles. The first-order chi connectivity index (χ1) is 33.0. The molecule has 1 fully saturated rings. The molecule has 0 N–H and O–H groups in total. The minimum Gasteiger partial charge on any atom is -0.334 e. The fourth-order valence-corrected chi connectivity index (χ4v) is 12.8. The van der Waals surface area contributed by atoms with E-state index in [4.69, 9.17) is 0 Å². The van der Waals surface area contributed by atoms with Gasteiger partial charge in [-0.1, -0.05) is 188 Å². The highest BCUT2D eigenvalue weighted by molar-refractivity contribution is 7.00. The third-order valence-electron chi connectivity index (χ3n) is 17.2. The van der Waals surface area contributed by atoms with E-state index in [9.17, 15) is 0 Å². The van der Waals surface area contributed by atoms with E-state index in [1.54, 1.807) is 0 Å². The first-order valence-corrected chi connectivity index (χ1v) is 26.3. The zero-order chi connectivity index (χ0) is 49.5. The van der Waals surface area contributed by atoms with Gasteiger partial charge in [0, 0.05) is 50.8 Å². The summed E-state index contributed by atoms with van der Waals surface area (Å²) in [5.41, 5.74) is 23.4. The summed E-state index contributed by atoms with van der Waals surface area (Å²) >= 11 is 0. The van der Waals surface area contributed by atoms with Crippen molar-refractivity contribution in [3.63, 3.8) is 0 Å². The van der Waals surface area contributed by atoms with Crippen LogP contribution in [0.4, 0.5) is 45.5 Å². The van der Waals surface area contributed by atoms with Gasteiger partial charge in [-0.15, -0.1) is 0 Å². The van der Waals surface area contributed by atoms with Gasteiger partial charge in [-0.25, -0.2) is 0 Å². The summed E-state index contributed by atoms with van der Waals surface area (Å²) in [4.78, 5) is 8.04. The predicted octanol–water partition coefficient (Wildman–Crippen LogP) is 16.4. The Kier molecular flexibility index (Phi) is 10.4. The SMILES string of the molecule is CC(C)(C)c1ccc(N2c3cc(N4c5ccc(C(C)(C)C)cc5C5(C)CCCCC45C)ccc3B3c4ccccc4N(c4ccc(C(C)(C)C)cc4-c4ccccc4)c4cc(C(C)(C)C)cc2c43)cc1. The Labute approximate surface area is 421 Å². The zero-order valence-corrected chi connectivity index (χ0v) is 44.6. The van der Waals surface area contributed by atoms with Crippen LogP contribution in [-0.4, -0.2) is 12.3 Å². The molecule has 0 aromatic heterocycles. The Morgan fingerprint density at radius 2 is 0.957 bits per heavy atom. The monoisotopic (exact) mass is 920 g/mol. The fourth-order valence-electron chi connectivity index (χ4n) is 12.8. The van der Waals surface area contributed by atoms with Crippen molar-refractivity contribution < 1.29 is 0 Å². The van der Waals surface area contributed by atoms with Gasteiger partial charge in [0.15, 0.2) is 0 Å². The van der Waals surface area contributed by atoms with E-state index in [1.807, 2.05) is 0 Å². The standard InChI is InChI=1S/C66H74BN3/c1-61(2,3)44-26-30-48(31-27-44)68-57-42-49(70-55-35-29-46(63(7,8)9)39-51(55)65(13)36-20-21-37-66(65,70)14)32-33-53(57)67-52-24-18-19-25-56(52)69(59-41-47(64(10,11)12)40-58(68)60(59)67)54-34-28-45(62(4,5)6)38-50(54)43-22-16-15-17-23-43/h15-19,22-35,38-42H,20-21,36-37H2,1-14H3. The summed E-state index contributed by atoms with van der Waals surface area (Å²) in [7, 11) is 0. The summed E-state index contributed by atoms with van der Waals surface area (Å²) in [6, 6.07) is 57.2. The largest absolute Gasteiger partial charge is 0.334 e. The number of anilines is 8. The quantitative estimate of drug-likeness (QED) is 0.163. The topological polar surface area (TPSA) is 9.72 Å². The maximum Gasteiger partial charge on any atom is 0.252 e. The molecule has 0 bridgehead atoms. The molecule has 70 heavy (non-hydrogen) atoms. The second-order valence-electron chi connectivity index (χ2n) is 25.9. The lowest BCUT2D eigenvalue weighted by molar-refractivity contribution is 0.195. The number of hydrogen-bond donors (Lipinski definition) is 0. The molecule has 11 rings (SSSR count). The van der Waals surface area contributed by atoms with Crippen LogP contribution in [0.15, 0.2) is 146 Å².